The summed E-state index contributed by atoms with van der Waals surface area (Å²) in [7, 11) is 0. The SMILES string of the molecule is CC1=C2C(=O)NC[C@H](c3ccc(Cl)cc3)CC2=Nc2ccccc2N1. The Hall–Kier alpha value is -2.59. The van der Waals surface area contributed by atoms with E-state index in [0.29, 0.717) is 23.6 Å². The molecule has 1 saturated heterocycles. The molecule has 0 bridgehead atoms. The molecule has 2 aliphatic heterocycles. The Morgan fingerprint density at radius 3 is 2.68 bits per heavy atom. The van der Waals surface area contributed by atoms with Gasteiger partial charge in [0.2, 0.25) is 0 Å². The quantitative estimate of drug-likeness (QED) is 0.799. The number of hydrogen-bond acceptors (Lipinski definition) is 3. The van der Waals surface area contributed by atoms with Gasteiger partial charge in [0.25, 0.3) is 5.91 Å². The maximum atomic E-state index is 12.7. The molecule has 2 aliphatic rings. The molecule has 2 aromatic rings. The number of hydrogen-bond donors (Lipinski definition) is 2. The number of allylic oxidation sites excluding steroid dienone is 1. The van der Waals surface area contributed by atoms with Crippen LogP contribution in [0, 0.1) is 0 Å². The molecule has 2 N–H and O–H groups in total. The first kappa shape index (κ1) is 15.9. The standard InChI is InChI=1S/C20H18ClN3O/c1-12-19-18(24-17-5-3-2-4-16(17)23-12)10-14(11-22-20(19)25)13-6-8-15(21)9-7-13/h2-9,14,23H,10-11H2,1H3,(H,22,25)/t14-/m1/s1. The van der Waals surface area contributed by atoms with Gasteiger partial charge in [-0.25, -0.2) is 0 Å². The highest BCUT2D eigenvalue weighted by Gasteiger charge is 2.29. The molecule has 1 amide bonds. The molecule has 25 heavy (non-hydrogen) atoms. The second kappa shape index (κ2) is 6.37. The highest BCUT2D eigenvalue weighted by atomic mass is 35.5. The van der Waals surface area contributed by atoms with Crippen molar-refractivity contribution in [2.75, 3.05) is 11.9 Å². The van der Waals surface area contributed by atoms with Gasteiger partial charge in [0.05, 0.1) is 22.7 Å². The van der Waals surface area contributed by atoms with E-state index >= 15 is 0 Å². The maximum Gasteiger partial charge on any atom is 0.254 e. The van der Waals surface area contributed by atoms with Crippen LogP contribution in [0.25, 0.3) is 0 Å². The van der Waals surface area contributed by atoms with Crippen molar-refractivity contribution in [3.63, 3.8) is 0 Å². The summed E-state index contributed by atoms with van der Waals surface area (Å²) in [6, 6.07) is 15.7. The number of benzene rings is 2. The topological polar surface area (TPSA) is 53.5 Å². The van der Waals surface area contributed by atoms with Crippen molar-refractivity contribution in [3.05, 3.63) is 70.4 Å². The largest absolute Gasteiger partial charge is 0.357 e. The third-order valence-electron chi connectivity index (χ3n) is 4.66. The lowest BCUT2D eigenvalue weighted by Crippen LogP contribution is -2.28. The van der Waals surface area contributed by atoms with Crippen LogP contribution in [-0.4, -0.2) is 18.2 Å². The van der Waals surface area contributed by atoms with E-state index in [9.17, 15) is 4.79 Å². The first-order valence-corrected chi connectivity index (χ1v) is 8.68. The summed E-state index contributed by atoms with van der Waals surface area (Å²) in [5, 5.41) is 7.08. The minimum Gasteiger partial charge on any atom is -0.357 e. The summed E-state index contributed by atoms with van der Waals surface area (Å²) in [5.41, 5.74) is 5.23. The lowest BCUT2D eigenvalue weighted by atomic mass is 9.92. The number of amides is 1. The van der Waals surface area contributed by atoms with E-state index in [4.69, 9.17) is 16.6 Å². The highest BCUT2D eigenvalue weighted by Crippen LogP contribution is 2.34. The van der Waals surface area contributed by atoms with E-state index in [1.165, 1.54) is 0 Å². The van der Waals surface area contributed by atoms with Crippen molar-refractivity contribution < 1.29 is 4.79 Å². The van der Waals surface area contributed by atoms with Gasteiger partial charge in [-0.05, 0) is 43.2 Å². The van der Waals surface area contributed by atoms with E-state index in [1.54, 1.807) is 0 Å². The number of nitrogens with zero attached hydrogens (tertiary/aromatic N) is 1. The van der Waals surface area contributed by atoms with Crippen molar-refractivity contribution in [2.45, 2.75) is 19.3 Å². The van der Waals surface area contributed by atoms with Gasteiger partial charge >= 0.3 is 0 Å². The minimum atomic E-state index is -0.0759. The van der Waals surface area contributed by atoms with E-state index in [0.717, 1.165) is 28.3 Å². The van der Waals surface area contributed by atoms with E-state index in [1.807, 2.05) is 55.5 Å². The van der Waals surface area contributed by atoms with Crippen molar-refractivity contribution in [2.24, 2.45) is 4.99 Å². The van der Waals surface area contributed by atoms with Crippen LogP contribution in [0.3, 0.4) is 0 Å². The molecule has 0 unspecified atom stereocenters. The second-order valence-corrected chi connectivity index (χ2v) is 6.80. The fourth-order valence-electron chi connectivity index (χ4n) is 3.39. The van der Waals surface area contributed by atoms with Gasteiger partial charge in [-0.2, -0.15) is 0 Å². The van der Waals surface area contributed by atoms with Crippen molar-refractivity contribution in [1.29, 1.82) is 0 Å². The van der Waals surface area contributed by atoms with Gasteiger partial charge < -0.3 is 10.6 Å². The average molecular weight is 352 g/mol. The summed E-state index contributed by atoms with van der Waals surface area (Å²) < 4.78 is 0. The normalized spacial score (nSPS) is 19.7. The third-order valence-corrected chi connectivity index (χ3v) is 4.91. The number of para-hydroxylation sites is 2. The van der Waals surface area contributed by atoms with Crippen LogP contribution in [-0.2, 0) is 4.79 Å². The number of halogens is 1. The number of nitrogens with one attached hydrogen (secondary N) is 2. The van der Waals surface area contributed by atoms with Crippen LogP contribution >= 0.6 is 11.6 Å². The Morgan fingerprint density at radius 2 is 1.88 bits per heavy atom. The Morgan fingerprint density at radius 1 is 1.12 bits per heavy atom. The number of carbonyl (C=O) groups excluding carboxylic acids is 1. The molecule has 126 valence electrons. The van der Waals surface area contributed by atoms with Crippen LogP contribution in [0.2, 0.25) is 5.02 Å². The molecular weight excluding hydrogens is 334 g/mol. The molecule has 4 nitrogen and oxygen atoms in total. The predicted molar refractivity (Wildman–Crippen MR) is 102 cm³/mol. The smallest absolute Gasteiger partial charge is 0.254 e. The van der Waals surface area contributed by atoms with Gasteiger partial charge in [0.1, 0.15) is 0 Å². The third kappa shape index (κ3) is 3.05. The Bertz CT molecular complexity index is 899. The molecule has 5 heteroatoms. The Balaban J connectivity index is 1.79. The summed E-state index contributed by atoms with van der Waals surface area (Å²) in [6.45, 7) is 2.51. The molecule has 0 aromatic heterocycles. The molecule has 0 saturated carbocycles. The number of fused-ring (bicyclic) bond motifs is 2. The molecule has 2 aromatic carbocycles. The van der Waals surface area contributed by atoms with E-state index in [2.05, 4.69) is 10.6 Å². The number of aliphatic imine (C=N–C) groups is 1. The summed E-state index contributed by atoms with van der Waals surface area (Å²) in [6.07, 6.45) is 0.697. The van der Waals surface area contributed by atoms with Gasteiger partial charge in [-0.15, -0.1) is 0 Å². The molecule has 0 aliphatic carbocycles. The monoisotopic (exact) mass is 351 g/mol. The zero-order valence-corrected chi connectivity index (χ0v) is 14.6. The van der Waals surface area contributed by atoms with E-state index in [-0.39, 0.29) is 11.8 Å². The molecule has 2 heterocycles. The van der Waals surface area contributed by atoms with Gasteiger partial charge in [0.15, 0.2) is 0 Å². The zero-order valence-electron chi connectivity index (χ0n) is 13.8. The van der Waals surface area contributed by atoms with Gasteiger partial charge in [-0.3, -0.25) is 9.79 Å². The molecular formula is C20H18ClN3O. The minimum absolute atomic E-state index is 0.0759. The van der Waals surface area contributed by atoms with Crippen LogP contribution in [0.15, 0.2) is 64.8 Å². The summed E-state index contributed by atoms with van der Waals surface area (Å²) in [5.74, 6) is 0.0866. The molecule has 4 rings (SSSR count). The first-order chi connectivity index (χ1) is 12.1. The van der Waals surface area contributed by atoms with E-state index < -0.39 is 0 Å². The van der Waals surface area contributed by atoms with Crippen molar-refractivity contribution >= 4 is 34.6 Å². The lowest BCUT2D eigenvalue weighted by Gasteiger charge is -2.14. The zero-order chi connectivity index (χ0) is 17.4. The molecule has 1 atom stereocenters. The second-order valence-electron chi connectivity index (χ2n) is 6.36. The number of rotatable bonds is 1. The maximum absolute atomic E-state index is 12.7. The summed E-state index contributed by atoms with van der Waals surface area (Å²) in [4.78, 5) is 17.5. The Labute approximate surface area is 151 Å². The van der Waals surface area contributed by atoms with Crippen molar-refractivity contribution in [1.82, 2.24) is 5.32 Å². The van der Waals surface area contributed by atoms with Gasteiger partial charge in [0, 0.05) is 23.2 Å². The molecule has 1 fully saturated rings. The van der Waals surface area contributed by atoms with Crippen LogP contribution < -0.4 is 10.6 Å². The predicted octanol–water partition coefficient (Wildman–Crippen LogP) is 4.42. The fraction of sp³-hybridized carbons (Fsp3) is 0.200. The van der Waals surface area contributed by atoms with Gasteiger partial charge in [-0.1, -0.05) is 35.9 Å². The Kier molecular flexibility index (Phi) is 4.06. The number of anilines is 1. The van der Waals surface area contributed by atoms with Crippen LogP contribution in [0.1, 0.15) is 24.8 Å². The highest BCUT2D eigenvalue weighted by molar-refractivity contribution is 6.30. The van der Waals surface area contributed by atoms with Crippen molar-refractivity contribution in [3.8, 4) is 0 Å². The van der Waals surface area contributed by atoms with Crippen LogP contribution in [0.5, 0.6) is 0 Å². The molecule has 0 radical (unpaired) electrons. The fourth-order valence-corrected chi connectivity index (χ4v) is 3.51. The van der Waals surface area contributed by atoms with Crippen LogP contribution in [0.4, 0.5) is 11.4 Å². The first-order valence-electron chi connectivity index (χ1n) is 8.30. The summed E-state index contributed by atoms with van der Waals surface area (Å²) >= 11 is 6.00. The molecule has 0 spiro atoms. The lowest BCUT2D eigenvalue weighted by molar-refractivity contribution is -0.116. The number of carbonyl (C=O) groups is 1. The average Bonchev–Trinajstić information content (AvgIpc) is 2.84.